The Morgan fingerprint density at radius 1 is 1.16 bits per heavy atom. The van der Waals surface area contributed by atoms with Gasteiger partial charge in [0.1, 0.15) is 11.4 Å². The SMILES string of the molecule is CC(C)(CO)NC(=O)c1ccc(OC(C)(C)C)cc1. The second-order valence-corrected chi connectivity index (χ2v) is 6.23. The molecular weight excluding hydrogens is 242 g/mol. The maximum atomic E-state index is 12.0. The molecule has 4 nitrogen and oxygen atoms in total. The number of hydrogen-bond donors (Lipinski definition) is 2. The van der Waals surface area contributed by atoms with E-state index in [1.807, 2.05) is 20.8 Å². The Morgan fingerprint density at radius 3 is 2.11 bits per heavy atom. The van der Waals surface area contributed by atoms with Gasteiger partial charge in [0.25, 0.3) is 5.91 Å². The molecule has 0 unspecified atom stereocenters. The average molecular weight is 265 g/mol. The smallest absolute Gasteiger partial charge is 0.251 e. The second-order valence-electron chi connectivity index (χ2n) is 6.23. The first-order chi connectivity index (χ1) is 8.63. The van der Waals surface area contributed by atoms with E-state index < -0.39 is 5.54 Å². The van der Waals surface area contributed by atoms with Crippen molar-refractivity contribution in [3.63, 3.8) is 0 Å². The minimum Gasteiger partial charge on any atom is -0.488 e. The fourth-order valence-corrected chi connectivity index (χ4v) is 1.45. The van der Waals surface area contributed by atoms with Gasteiger partial charge in [-0.05, 0) is 58.9 Å². The molecular formula is C15H23NO3. The van der Waals surface area contributed by atoms with E-state index in [-0.39, 0.29) is 18.1 Å². The summed E-state index contributed by atoms with van der Waals surface area (Å²) < 4.78 is 5.69. The lowest BCUT2D eigenvalue weighted by Crippen LogP contribution is -2.46. The van der Waals surface area contributed by atoms with Crippen molar-refractivity contribution >= 4 is 5.91 Å². The van der Waals surface area contributed by atoms with Crippen LogP contribution in [-0.4, -0.2) is 28.8 Å². The number of hydrogen-bond acceptors (Lipinski definition) is 3. The molecule has 19 heavy (non-hydrogen) atoms. The molecule has 0 aliphatic carbocycles. The first kappa shape index (κ1) is 15.5. The molecule has 0 saturated carbocycles. The Morgan fingerprint density at radius 2 is 1.68 bits per heavy atom. The summed E-state index contributed by atoms with van der Waals surface area (Å²) in [5.74, 6) is 0.520. The van der Waals surface area contributed by atoms with Gasteiger partial charge in [0.2, 0.25) is 0 Å². The van der Waals surface area contributed by atoms with Gasteiger partial charge in [-0.25, -0.2) is 0 Å². The van der Waals surface area contributed by atoms with E-state index in [1.165, 1.54) is 0 Å². The van der Waals surface area contributed by atoms with Gasteiger partial charge in [0, 0.05) is 5.56 Å². The zero-order chi connectivity index (χ0) is 14.7. The lowest BCUT2D eigenvalue weighted by molar-refractivity contribution is 0.0869. The lowest BCUT2D eigenvalue weighted by Gasteiger charge is -2.24. The number of ether oxygens (including phenoxy) is 1. The first-order valence-electron chi connectivity index (χ1n) is 6.35. The van der Waals surface area contributed by atoms with E-state index in [9.17, 15) is 4.79 Å². The molecule has 106 valence electrons. The van der Waals surface area contributed by atoms with Crippen LogP contribution in [0.15, 0.2) is 24.3 Å². The maximum absolute atomic E-state index is 12.0. The standard InChI is InChI=1S/C15H23NO3/c1-14(2,3)19-12-8-6-11(7-9-12)13(18)16-15(4,5)10-17/h6-9,17H,10H2,1-5H3,(H,16,18). The molecule has 1 amide bonds. The van der Waals surface area contributed by atoms with E-state index in [0.717, 1.165) is 5.75 Å². The van der Waals surface area contributed by atoms with Crippen LogP contribution in [0.4, 0.5) is 0 Å². The Hall–Kier alpha value is -1.55. The highest BCUT2D eigenvalue weighted by molar-refractivity contribution is 5.94. The normalized spacial score (nSPS) is 12.1. The number of aliphatic hydroxyl groups is 1. The van der Waals surface area contributed by atoms with Crippen LogP contribution < -0.4 is 10.1 Å². The highest BCUT2D eigenvalue weighted by Crippen LogP contribution is 2.18. The first-order valence-corrected chi connectivity index (χ1v) is 6.35. The van der Waals surface area contributed by atoms with Crippen molar-refractivity contribution < 1.29 is 14.6 Å². The van der Waals surface area contributed by atoms with Crippen LogP contribution in [-0.2, 0) is 0 Å². The van der Waals surface area contributed by atoms with Crippen LogP contribution in [0, 0.1) is 0 Å². The Kier molecular flexibility index (Phi) is 4.58. The van der Waals surface area contributed by atoms with Crippen LogP contribution in [0.1, 0.15) is 45.0 Å². The van der Waals surface area contributed by atoms with Crippen molar-refractivity contribution in [3.8, 4) is 5.75 Å². The molecule has 0 spiro atoms. The minimum atomic E-state index is -0.627. The molecule has 1 rings (SSSR count). The molecule has 0 heterocycles. The molecule has 0 bridgehead atoms. The van der Waals surface area contributed by atoms with Crippen molar-refractivity contribution in [1.29, 1.82) is 0 Å². The third kappa shape index (κ3) is 5.30. The van der Waals surface area contributed by atoms with Gasteiger partial charge in [-0.3, -0.25) is 4.79 Å². The van der Waals surface area contributed by atoms with Crippen LogP contribution in [0.2, 0.25) is 0 Å². The molecule has 2 N–H and O–H groups in total. The fourth-order valence-electron chi connectivity index (χ4n) is 1.45. The van der Waals surface area contributed by atoms with Crippen molar-refractivity contribution in [2.24, 2.45) is 0 Å². The van der Waals surface area contributed by atoms with Crippen LogP contribution >= 0.6 is 0 Å². The van der Waals surface area contributed by atoms with Crippen LogP contribution in [0.25, 0.3) is 0 Å². The number of nitrogens with one attached hydrogen (secondary N) is 1. The highest BCUT2D eigenvalue weighted by atomic mass is 16.5. The Bertz CT molecular complexity index is 430. The van der Waals surface area contributed by atoms with Gasteiger partial charge in [-0.1, -0.05) is 0 Å². The Labute approximate surface area is 114 Å². The summed E-state index contributed by atoms with van der Waals surface area (Å²) in [6.45, 7) is 9.33. The van der Waals surface area contributed by atoms with E-state index in [1.54, 1.807) is 38.1 Å². The number of amides is 1. The average Bonchev–Trinajstić information content (AvgIpc) is 2.27. The summed E-state index contributed by atoms with van der Waals surface area (Å²) >= 11 is 0. The number of carbonyl (C=O) groups is 1. The summed E-state index contributed by atoms with van der Waals surface area (Å²) in [6.07, 6.45) is 0. The molecule has 0 fully saturated rings. The lowest BCUT2D eigenvalue weighted by atomic mass is 10.1. The highest BCUT2D eigenvalue weighted by Gasteiger charge is 2.20. The zero-order valence-corrected chi connectivity index (χ0v) is 12.3. The molecule has 1 aromatic carbocycles. The molecule has 0 radical (unpaired) electrons. The topological polar surface area (TPSA) is 58.6 Å². The number of aliphatic hydroxyl groups excluding tert-OH is 1. The largest absolute Gasteiger partial charge is 0.488 e. The van der Waals surface area contributed by atoms with Gasteiger partial charge < -0.3 is 15.2 Å². The van der Waals surface area contributed by atoms with Gasteiger partial charge in [0.05, 0.1) is 12.1 Å². The van der Waals surface area contributed by atoms with Crippen molar-refractivity contribution in [3.05, 3.63) is 29.8 Å². The van der Waals surface area contributed by atoms with E-state index in [0.29, 0.717) is 5.56 Å². The van der Waals surface area contributed by atoms with Crippen molar-refractivity contribution in [1.82, 2.24) is 5.32 Å². The molecule has 0 aliphatic rings. The molecule has 0 aromatic heterocycles. The van der Waals surface area contributed by atoms with E-state index >= 15 is 0 Å². The van der Waals surface area contributed by atoms with Crippen LogP contribution in [0.5, 0.6) is 5.75 Å². The molecule has 4 heteroatoms. The molecule has 0 atom stereocenters. The van der Waals surface area contributed by atoms with Gasteiger partial charge in [-0.2, -0.15) is 0 Å². The van der Waals surface area contributed by atoms with Crippen molar-refractivity contribution in [2.75, 3.05) is 6.61 Å². The monoisotopic (exact) mass is 265 g/mol. The number of rotatable bonds is 4. The minimum absolute atomic E-state index is 0.107. The van der Waals surface area contributed by atoms with Gasteiger partial charge >= 0.3 is 0 Å². The number of benzene rings is 1. The molecule has 0 saturated heterocycles. The Balaban J connectivity index is 2.74. The predicted octanol–water partition coefficient (Wildman–Crippen LogP) is 2.36. The summed E-state index contributed by atoms with van der Waals surface area (Å²) in [6, 6.07) is 6.96. The molecule has 0 aliphatic heterocycles. The van der Waals surface area contributed by atoms with Gasteiger partial charge in [-0.15, -0.1) is 0 Å². The van der Waals surface area contributed by atoms with E-state index in [2.05, 4.69) is 5.32 Å². The predicted molar refractivity (Wildman–Crippen MR) is 75.5 cm³/mol. The summed E-state index contributed by atoms with van der Waals surface area (Å²) in [5.41, 5.74) is -0.344. The maximum Gasteiger partial charge on any atom is 0.251 e. The van der Waals surface area contributed by atoms with E-state index in [4.69, 9.17) is 9.84 Å². The summed E-state index contributed by atoms with van der Waals surface area (Å²) in [7, 11) is 0. The summed E-state index contributed by atoms with van der Waals surface area (Å²) in [4.78, 5) is 12.0. The second kappa shape index (κ2) is 5.61. The quantitative estimate of drug-likeness (QED) is 0.878. The van der Waals surface area contributed by atoms with Gasteiger partial charge in [0.15, 0.2) is 0 Å². The number of carbonyl (C=O) groups excluding carboxylic acids is 1. The summed E-state index contributed by atoms with van der Waals surface area (Å²) in [5, 5.41) is 11.9. The zero-order valence-electron chi connectivity index (χ0n) is 12.3. The van der Waals surface area contributed by atoms with Crippen molar-refractivity contribution in [2.45, 2.75) is 45.8 Å². The van der Waals surface area contributed by atoms with Crippen LogP contribution in [0.3, 0.4) is 0 Å². The fraction of sp³-hybridized carbons (Fsp3) is 0.533. The third-order valence-electron chi connectivity index (χ3n) is 2.39. The third-order valence-corrected chi connectivity index (χ3v) is 2.39. The molecule has 1 aromatic rings.